The molecule has 0 amide bonds. The summed E-state index contributed by atoms with van der Waals surface area (Å²) in [6, 6.07) is 3.64. The van der Waals surface area contributed by atoms with E-state index in [4.69, 9.17) is 16.4 Å². The van der Waals surface area contributed by atoms with Crippen molar-refractivity contribution >= 4 is 18.4 Å². The molecule has 0 saturated carbocycles. The number of hydrogen-bond donors (Lipinski definition) is 0. The van der Waals surface area contributed by atoms with E-state index in [-0.39, 0.29) is 0 Å². The Kier molecular flexibility index (Phi) is 4.50. The van der Waals surface area contributed by atoms with Crippen molar-refractivity contribution in [3.05, 3.63) is 29.0 Å². The third-order valence-electron chi connectivity index (χ3n) is 0.942. The Bertz CT molecular complexity index is 182. The summed E-state index contributed by atoms with van der Waals surface area (Å²) in [6.07, 6.45) is 1.72. The van der Waals surface area contributed by atoms with Crippen molar-refractivity contribution in [1.29, 1.82) is 0 Å². The summed E-state index contributed by atoms with van der Waals surface area (Å²) in [4.78, 5) is 11.9. The number of nitrogens with zero attached hydrogens (tertiary/aromatic N) is 1. The fraction of sp³-hybridized carbons (Fsp3) is 0.143. The van der Waals surface area contributed by atoms with Crippen molar-refractivity contribution in [2.45, 2.75) is 6.92 Å². The highest BCUT2D eigenvalue weighted by Gasteiger charge is 1.88. The molecular formula is C7H8ClNO. The highest BCUT2D eigenvalue weighted by Crippen LogP contribution is 2.08. The van der Waals surface area contributed by atoms with Crippen LogP contribution in [-0.2, 0) is 4.79 Å². The van der Waals surface area contributed by atoms with Crippen LogP contribution >= 0.6 is 11.6 Å². The van der Waals surface area contributed by atoms with E-state index in [2.05, 4.69) is 4.98 Å². The second kappa shape index (κ2) is 4.94. The molecule has 0 aliphatic carbocycles. The van der Waals surface area contributed by atoms with Gasteiger partial charge in [-0.25, -0.2) is 0 Å². The first-order valence-electron chi connectivity index (χ1n) is 2.66. The van der Waals surface area contributed by atoms with Gasteiger partial charge >= 0.3 is 0 Å². The van der Waals surface area contributed by atoms with E-state index in [0.29, 0.717) is 0 Å². The molecule has 3 heteroatoms. The Labute approximate surface area is 64.9 Å². The maximum Gasteiger partial charge on any atom is 0.106 e. The molecule has 0 bridgehead atoms. The highest BCUT2D eigenvalue weighted by molar-refractivity contribution is 6.31. The molecule has 2 nitrogen and oxygen atoms in total. The fourth-order valence-corrected chi connectivity index (χ4v) is 0.586. The first-order valence-corrected chi connectivity index (χ1v) is 3.04. The van der Waals surface area contributed by atoms with Gasteiger partial charge in [-0.2, -0.15) is 0 Å². The lowest BCUT2D eigenvalue weighted by molar-refractivity contribution is -0.0979. The molecule has 0 fully saturated rings. The molecule has 0 aliphatic heterocycles. The molecule has 1 aromatic heterocycles. The van der Waals surface area contributed by atoms with E-state index in [0.717, 1.165) is 10.7 Å². The summed E-state index contributed by atoms with van der Waals surface area (Å²) >= 11 is 5.65. The van der Waals surface area contributed by atoms with Crippen molar-refractivity contribution < 1.29 is 4.79 Å². The Morgan fingerprint density at radius 1 is 1.60 bits per heavy atom. The summed E-state index contributed by atoms with van der Waals surface area (Å²) in [5.41, 5.74) is 0.883. The van der Waals surface area contributed by atoms with Crippen LogP contribution in [0.15, 0.2) is 18.3 Å². The van der Waals surface area contributed by atoms with Gasteiger partial charge < -0.3 is 4.79 Å². The molecule has 1 rings (SSSR count). The van der Waals surface area contributed by atoms with Gasteiger partial charge in [0.25, 0.3) is 0 Å². The van der Waals surface area contributed by atoms with Crippen molar-refractivity contribution in [2.75, 3.05) is 0 Å². The molecule has 1 aromatic rings. The van der Waals surface area contributed by atoms with E-state index >= 15 is 0 Å². The summed E-state index contributed by atoms with van der Waals surface area (Å²) in [6.45, 7) is 3.88. The van der Waals surface area contributed by atoms with Crippen LogP contribution in [0, 0.1) is 6.92 Å². The second-order valence-electron chi connectivity index (χ2n) is 1.57. The molecule has 0 atom stereocenters. The minimum absolute atomic E-state index is 0.729. The Morgan fingerprint density at radius 3 is 2.50 bits per heavy atom. The number of pyridine rings is 1. The van der Waals surface area contributed by atoms with Crippen molar-refractivity contribution in [2.24, 2.45) is 0 Å². The van der Waals surface area contributed by atoms with E-state index < -0.39 is 0 Å². The predicted octanol–water partition coefficient (Wildman–Crippen LogP) is 1.86. The van der Waals surface area contributed by atoms with Crippen LogP contribution in [0.25, 0.3) is 0 Å². The van der Waals surface area contributed by atoms with Crippen LogP contribution in [0.1, 0.15) is 5.69 Å². The Hall–Kier alpha value is -0.890. The number of aromatic nitrogens is 1. The van der Waals surface area contributed by atoms with Gasteiger partial charge in [-0.1, -0.05) is 11.6 Å². The third-order valence-corrected chi connectivity index (χ3v) is 1.34. The quantitative estimate of drug-likeness (QED) is 0.576. The summed E-state index contributed by atoms with van der Waals surface area (Å²) in [7, 11) is 0. The lowest BCUT2D eigenvalue weighted by Crippen LogP contribution is -1.77. The smallest absolute Gasteiger partial charge is 0.106 e. The van der Waals surface area contributed by atoms with Gasteiger partial charge in [-0.15, -0.1) is 0 Å². The van der Waals surface area contributed by atoms with Crippen LogP contribution in [0.4, 0.5) is 0 Å². The van der Waals surface area contributed by atoms with Crippen LogP contribution in [0.5, 0.6) is 0 Å². The SMILES string of the molecule is C=O.Cc1ncccc1Cl. The average molecular weight is 158 g/mol. The number of hydrogen-bond acceptors (Lipinski definition) is 2. The van der Waals surface area contributed by atoms with Gasteiger partial charge in [0.2, 0.25) is 0 Å². The van der Waals surface area contributed by atoms with Gasteiger partial charge in [0.05, 0.1) is 10.7 Å². The van der Waals surface area contributed by atoms with E-state index in [1.54, 1.807) is 6.20 Å². The number of aryl methyl sites for hydroxylation is 1. The zero-order valence-electron chi connectivity index (χ0n) is 5.67. The molecule has 0 radical (unpaired) electrons. The first kappa shape index (κ1) is 9.11. The molecule has 0 unspecified atom stereocenters. The molecule has 0 aromatic carbocycles. The van der Waals surface area contributed by atoms with Crippen LogP contribution in [0.2, 0.25) is 5.02 Å². The molecular weight excluding hydrogens is 150 g/mol. The third kappa shape index (κ3) is 2.60. The maximum atomic E-state index is 8.00. The maximum absolute atomic E-state index is 8.00. The van der Waals surface area contributed by atoms with Crippen LogP contribution in [0.3, 0.4) is 0 Å². The van der Waals surface area contributed by atoms with Crippen LogP contribution in [-0.4, -0.2) is 11.8 Å². The molecule has 0 saturated heterocycles. The van der Waals surface area contributed by atoms with Gasteiger partial charge in [-0.3, -0.25) is 4.98 Å². The lowest BCUT2D eigenvalue weighted by Gasteiger charge is -1.90. The van der Waals surface area contributed by atoms with Crippen molar-refractivity contribution in [3.8, 4) is 0 Å². The molecule has 0 N–H and O–H groups in total. The zero-order chi connectivity index (χ0) is 7.98. The number of halogens is 1. The van der Waals surface area contributed by atoms with Gasteiger partial charge in [0, 0.05) is 6.20 Å². The Balaban J connectivity index is 0.000000371. The average Bonchev–Trinajstić information content (AvgIpc) is 2.00. The summed E-state index contributed by atoms with van der Waals surface area (Å²) < 4.78 is 0. The number of carbonyl (C=O) groups excluding carboxylic acids is 1. The molecule has 0 aliphatic rings. The lowest BCUT2D eigenvalue weighted by atomic mass is 10.4. The second-order valence-corrected chi connectivity index (χ2v) is 1.98. The van der Waals surface area contributed by atoms with Gasteiger partial charge in [0.15, 0.2) is 0 Å². The largest absolute Gasteiger partial charge is 0.307 e. The Morgan fingerprint density at radius 2 is 2.20 bits per heavy atom. The van der Waals surface area contributed by atoms with Crippen molar-refractivity contribution in [1.82, 2.24) is 4.98 Å². The normalized spacial score (nSPS) is 7.80. The minimum Gasteiger partial charge on any atom is -0.307 e. The number of carbonyl (C=O) groups is 1. The minimum atomic E-state index is 0.729. The van der Waals surface area contributed by atoms with E-state index in [9.17, 15) is 0 Å². The van der Waals surface area contributed by atoms with Gasteiger partial charge in [-0.05, 0) is 19.1 Å². The summed E-state index contributed by atoms with van der Waals surface area (Å²) in [5, 5.41) is 0.729. The fourth-order valence-electron chi connectivity index (χ4n) is 0.465. The first-order chi connectivity index (χ1) is 4.80. The number of rotatable bonds is 0. The topological polar surface area (TPSA) is 30.0 Å². The van der Waals surface area contributed by atoms with E-state index in [1.165, 1.54) is 0 Å². The highest BCUT2D eigenvalue weighted by atomic mass is 35.5. The predicted molar refractivity (Wildman–Crippen MR) is 41.1 cm³/mol. The zero-order valence-corrected chi connectivity index (χ0v) is 6.43. The molecule has 10 heavy (non-hydrogen) atoms. The molecule has 1 heterocycles. The molecule has 54 valence electrons. The van der Waals surface area contributed by atoms with E-state index in [1.807, 2.05) is 25.8 Å². The standard InChI is InChI=1S/C6H6ClN.CH2O/c1-5-6(7)3-2-4-8-5;1-2/h2-4H,1H3;1H2. The van der Waals surface area contributed by atoms with Gasteiger partial charge in [0.1, 0.15) is 6.79 Å². The molecule has 0 spiro atoms. The van der Waals surface area contributed by atoms with Crippen LogP contribution < -0.4 is 0 Å². The summed E-state index contributed by atoms with van der Waals surface area (Å²) in [5.74, 6) is 0. The monoisotopic (exact) mass is 157 g/mol. The van der Waals surface area contributed by atoms with Crippen molar-refractivity contribution in [3.63, 3.8) is 0 Å².